The number of pyridine rings is 1. The normalized spacial score (nSPS) is 12.0. The van der Waals surface area contributed by atoms with E-state index < -0.39 is 11.6 Å². The van der Waals surface area contributed by atoms with Crippen LogP contribution in [-0.2, 0) is 0 Å². The highest BCUT2D eigenvalue weighted by Crippen LogP contribution is 2.49. The lowest BCUT2D eigenvalue weighted by Crippen LogP contribution is -2.02. The van der Waals surface area contributed by atoms with Crippen molar-refractivity contribution in [2.24, 2.45) is 0 Å². The van der Waals surface area contributed by atoms with Gasteiger partial charge in [-0.1, -0.05) is 0 Å². The van der Waals surface area contributed by atoms with E-state index in [1.165, 1.54) is 13.2 Å². The molecule has 0 radical (unpaired) electrons. The van der Waals surface area contributed by atoms with E-state index in [0.29, 0.717) is 50.4 Å². The summed E-state index contributed by atoms with van der Waals surface area (Å²) >= 11 is 0. The molecule has 4 aromatic rings. The monoisotopic (exact) mass is 365 g/mol. The summed E-state index contributed by atoms with van der Waals surface area (Å²) in [6.45, 7) is 0. The summed E-state index contributed by atoms with van der Waals surface area (Å²) in [4.78, 5) is 4.52. The van der Waals surface area contributed by atoms with Crippen molar-refractivity contribution in [1.29, 1.82) is 0 Å². The predicted molar refractivity (Wildman–Crippen MR) is 97.8 cm³/mol. The smallest absolute Gasteiger partial charge is 0.152 e. The van der Waals surface area contributed by atoms with E-state index in [1.807, 2.05) is 6.07 Å². The molecule has 0 atom stereocenters. The number of benzene rings is 3. The average Bonchev–Trinajstić information content (AvgIpc) is 2.67. The maximum atomic E-state index is 14.5. The summed E-state index contributed by atoms with van der Waals surface area (Å²) in [5.41, 5.74) is 1.38. The first-order chi connectivity index (χ1) is 13.1. The van der Waals surface area contributed by atoms with Crippen molar-refractivity contribution in [2.75, 3.05) is 14.2 Å². The minimum absolute atomic E-state index is 0.0989. The largest absolute Gasteiger partial charge is 0.497 e. The molecule has 0 amide bonds. The summed E-state index contributed by atoms with van der Waals surface area (Å²) in [5, 5.41) is 1.67. The summed E-state index contributed by atoms with van der Waals surface area (Å²) < 4.78 is 45.1. The second-order valence-corrected chi connectivity index (χ2v) is 6.26. The Bertz CT molecular complexity index is 1250. The van der Waals surface area contributed by atoms with Crippen molar-refractivity contribution >= 4 is 21.7 Å². The SMILES string of the molecule is COc1ccc2c(c1)Oc1cc(OC)cc3c1c-2nc1c(F)cc(F)cc13. The number of fused-ring (bicyclic) bond motifs is 4. The summed E-state index contributed by atoms with van der Waals surface area (Å²) in [6.07, 6.45) is 0. The molecule has 1 aliphatic heterocycles. The Kier molecular flexibility index (Phi) is 3.25. The van der Waals surface area contributed by atoms with Crippen LogP contribution in [0.3, 0.4) is 0 Å². The maximum absolute atomic E-state index is 14.5. The molecule has 0 aliphatic carbocycles. The number of aromatic nitrogens is 1. The lowest BCUT2D eigenvalue weighted by molar-refractivity contribution is 0.405. The van der Waals surface area contributed by atoms with Crippen LogP contribution in [-0.4, -0.2) is 19.2 Å². The van der Waals surface area contributed by atoms with Gasteiger partial charge in [-0.2, -0.15) is 0 Å². The maximum Gasteiger partial charge on any atom is 0.152 e. The topological polar surface area (TPSA) is 40.6 Å². The van der Waals surface area contributed by atoms with Crippen molar-refractivity contribution in [1.82, 2.24) is 4.98 Å². The zero-order chi connectivity index (χ0) is 18.7. The molecule has 6 heteroatoms. The number of methoxy groups -OCH3 is 2. The van der Waals surface area contributed by atoms with E-state index in [4.69, 9.17) is 14.2 Å². The molecular weight excluding hydrogens is 352 g/mol. The zero-order valence-electron chi connectivity index (χ0n) is 14.5. The molecule has 5 rings (SSSR count). The molecule has 4 nitrogen and oxygen atoms in total. The van der Waals surface area contributed by atoms with E-state index in [9.17, 15) is 8.78 Å². The highest BCUT2D eigenvalue weighted by Gasteiger charge is 2.25. The van der Waals surface area contributed by atoms with E-state index in [2.05, 4.69) is 4.98 Å². The Morgan fingerprint density at radius 2 is 1.63 bits per heavy atom. The summed E-state index contributed by atoms with van der Waals surface area (Å²) in [5.74, 6) is 0.833. The van der Waals surface area contributed by atoms with Crippen LogP contribution in [0.25, 0.3) is 32.9 Å². The van der Waals surface area contributed by atoms with Gasteiger partial charge in [0.1, 0.15) is 34.3 Å². The van der Waals surface area contributed by atoms with E-state index in [-0.39, 0.29) is 5.52 Å². The van der Waals surface area contributed by atoms with Gasteiger partial charge in [0.25, 0.3) is 0 Å². The van der Waals surface area contributed by atoms with Gasteiger partial charge in [0.15, 0.2) is 5.82 Å². The fourth-order valence-corrected chi connectivity index (χ4v) is 3.52. The fourth-order valence-electron chi connectivity index (χ4n) is 3.52. The van der Waals surface area contributed by atoms with E-state index in [0.717, 1.165) is 6.07 Å². The molecule has 0 unspecified atom stereocenters. The van der Waals surface area contributed by atoms with Gasteiger partial charge in [0.05, 0.1) is 25.3 Å². The van der Waals surface area contributed by atoms with Crippen LogP contribution in [0.4, 0.5) is 8.78 Å². The number of hydrogen-bond donors (Lipinski definition) is 0. The second-order valence-electron chi connectivity index (χ2n) is 6.26. The van der Waals surface area contributed by atoms with Crippen LogP contribution in [0.1, 0.15) is 0 Å². The van der Waals surface area contributed by atoms with E-state index >= 15 is 0 Å². The van der Waals surface area contributed by atoms with Gasteiger partial charge in [0, 0.05) is 34.5 Å². The van der Waals surface area contributed by atoms with Gasteiger partial charge in [0.2, 0.25) is 0 Å². The number of hydrogen-bond acceptors (Lipinski definition) is 4. The molecule has 1 aromatic heterocycles. The van der Waals surface area contributed by atoms with Crippen LogP contribution >= 0.6 is 0 Å². The first-order valence-electron chi connectivity index (χ1n) is 8.26. The first kappa shape index (κ1) is 15.8. The summed E-state index contributed by atoms with van der Waals surface area (Å²) in [6, 6.07) is 10.9. The van der Waals surface area contributed by atoms with Gasteiger partial charge in [-0.25, -0.2) is 13.8 Å². The van der Waals surface area contributed by atoms with Crippen LogP contribution in [0, 0.1) is 11.6 Å². The van der Waals surface area contributed by atoms with Gasteiger partial charge in [-0.15, -0.1) is 0 Å². The quantitative estimate of drug-likeness (QED) is 0.390. The molecule has 3 aromatic carbocycles. The molecule has 1 aliphatic rings. The highest BCUT2D eigenvalue weighted by molar-refractivity contribution is 6.15. The predicted octanol–water partition coefficient (Wildman–Crippen LogP) is 5.46. The molecule has 0 saturated heterocycles. The third kappa shape index (κ3) is 2.23. The molecule has 2 heterocycles. The van der Waals surface area contributed by atoms with Crippen LogP contribution in [0.15, 0.2) is 42.5 Å². The van der Waals surface area contributed by atoms with Gasteiger partial charge in [-0.05, 0) is 24.3 Å². The molecule has 0 saturated carbocycles. The van der Waals surface area contributed by atoms with Crippen molar-refractivity contribution in [3.05, 3.63) is 54.1 Å². The van der Waals surface area contributed by atoms with Crippen LogP contribution in [0.5, 0.6) is 23.0 Å². The zero-order valence-corrected chi connectivity index (χ0v) is 14.5. The fraction of sp³-hybridized carbons (Fsp3) is 0.0952. The summed E-state index contributed by atoms with van der Waals surface area (Å²) in [7, 11) is 3.09. The lowest BCUT2D eigenvalue weighted by atomic mass is 9.96. The number of nitrogens with zero attached hydrogens (tertiary/aromatic N) is 1. The number of halogens is 2. The third-order valence-corrected chi connectivity index (χ3v) is 4.75. The minimum Gasteiger partial charge on any atom is -0.497 e. The Labute approximate surface area is 152 Å². The molecule has 134 valence electrons. The molecule has 27 heavy (non-hydrogen) atoms. The van der Waals surface area contributed by atoms with Crippen molar-refractivity contribution in [2.45, 2.75) is 0 Å². The Morgan fingerprint density at radius 3 is 2.41 bits per heavy atom. The highest BCUT2D eigenvalue weighted by atomic mass is 19.1. The Morgan fingerprint density at radius 1 is 0.852 bits per heavy atom. The third-order valence-electron chi connectivity index (χ3n) is 4.75. The standard InChI is InChI=1S/C21H13F2NO3/c1-25-11-3-4-13-17(8-11)27-18-9-12(26-2)7-14-15-5-10(22)6-16(23)20(15)24-21(13)19(14)18/h3-9H,1-2H3. The number of rotatable bonds is 2. The second kappa shape index (κ2) is 5.54. The van der Waals surface area contributed by atoms with Crippen LogP contribution in [0.2, 0.25) is 0 Å². The first-order valence-corrected chi connectivity index (χ1v) is 8.26. The molecule has 0 N–H and O–H groups in total. The Hall–Kier alpha value is -3.41. The average molecular weight is 365 g/mol. The molecule has 0 bridgehead atoms. The lowest BCUT2D eigenvalue weighted by Gasteiger charge is -2.22. The molecule has 0 spiro atoms. The van der Waals surface area contributed by atoms with Crippen molar-refractivity contribution in [3.63, 3.8) is 0 Å². The van der Waals surface area contributed by atoms with E-state index in [1.54, 1.807) is 31.4 Å². The Balaban J connectivity index is 1.98. The van der Waals surface area contributed by atoms with Crippen molar-refractivity contribution in [3.8, 4) is 34.3 Å². The minimum atomic E-state index is -0.714. The van der Waals surface area contributed by atoms with Crippen LogP contribution < -0.4 is 14.2 Å². The number of ether oxygens (including phenoxy) is 3. The van der Waals surface area contributed by atoms with Gasteiger partial charge < -0.3 is 14.2 Å². The molecular formula is C21H13F2NO3. The van der Waals surface area contributed by atoms with Gasteiger partial charge in [-0.3, -0.25) is 0 Å². The molecule has 0 fully saturated rings. The van der Waals surface area contributed by atoms with Gasteiger partial charge >= 0.3 is 0 Å². The van der Waals surface area contributed by atoms with Crippen molar-refractivity contribution < 1.29 is 23.0 Å².